The second-order valence-electron chi connectivity index (χ2n) is 6.58. The van der Waals surface area contributed by atoms with Gasteiger partial charge in [-0.15, -0.1) is 0 Å². The van der Waals surface area contributed by atoms with E-state index < -0.39 is 0 Å². The van der Waals surface area contributed by atoms with Crippen molar-refractivity contribution >= 4 is 50.0 Å². The molecule has 2 aromatic carbocycles. The normalized spacial score (nSPS) is 14.2. The largest absolute Gasteiger partial charge is 0.497 e. The van der Waals surface area contributed by atoms with Gasteiger partial charge in [-0.1, -0.05) is 22.9 Å². The van der Waals surface area contributed by atoms with Crippen LogP contribution in [0, 0.1) is 0 Å². The lowest BCUT2D eigenvalue weighted by molar-refractivity contribution is 0.208. The molecule has 1 fully saturated rings. The number of hydrogen-bond acceptors (Lipinski definition) is 6. The molecule has 0 radical (unpaired) electrons. The quantitative estimate of drug-likeness (QED) is 0.665. The minimum Gasteiger partial charge on any atom is -0.497 e. The summed E-state index contributed by atoms with van der Waals surface area (Å²) in [6, 6.07) is 10.9. The zero-order chi connectivity index (χ0) is 20.4. The summed E-state index contributed by atoms with van der Waals surface area (Å²) in [5, 5.41) is 4.59. The molecule has 0 atom stereocenters. The van der Waals surface area contributed by atoms with Gasteiger partial charge in [0.25, 0.3) is 0 Å². The number of rotatable bonds is 4. The number of halogens is 1. The van der Waals surface area contributed by atoms with Gasteiger partial charge in [0.05, 0.1) is 30.1 Å². The highest BCUT2D eigenvalue weighted by atomic mass is 35.5. The van der Waals surface area contributed by atoms with Gasteiger partial charge in [-0.3, -0.25) is 0 Å². The molecule has 9 heteroatoms. The Hall–Kier alpha value is -2.71. The van der Waals surface area contributed by atoms with Crippen LogP contribution in [0.25, 0.3) is 10.2 Å². The van der Waals surface area contributed by atoms with Gasteiger partial charge in [-0.25, -0.2) is 9.78 Å². The van der Waals surface area contributed by atoms with E-state index in [-0.39, 0.29) is 6.03 Å². The summed E-state index contributed by atoms with van der Waals surface area (Å²) in [5.41, 5.74) is 1.56. The smallest absolute Gasteiger partial charge is 0.322 e. The second-order valence-corrected chi connectivity index (χ2v) is 8.02. The van der Waals surface area contributed by atoms with Gasteiger partial charge >= 0.3 is 6.03 Å². The molecule has 0 spiro atoms. The molecule has 29 heavy (non-hydrogen) atoms. The standard InChI is InChI=1S/C20H21ClN4O3S/c1-27-14-4-6-15(17(12-14)28-2)22-19(26)24-7-9-25(10-8-24)20-23-16-5-3-13(21)11-18(16)29-20/h3-6,11-12H,7-10H2,1-2H3,(H,22,26). The van der Waals surface area contributed by atoms with Gasteiger partial charge < -0.3 is 24.6 Å². The first-order valence-electron chi connectivity index (χ1n) is 9.16. The van der Waals surface area contributed by atoms with Gasteiger partial charge in [0.2, 0.25) is 0 Å². The fourth-order valence-electron chi connectivity index (χ4n) is 3.22. The van der Waals surface area contributed by atoms with E-state index in [0.29, 0.717) is 35.3 Å². The number of benzene rings is 2. The third-order valence-electron chi connectivity index (χ3n) is 4.83. The van der Waals surface area contributed by atoms with E-state index in [1.54, 1.807) is 48.7 Å². The first-order valence-corrected chi connectivity index (χ1v) is 10.4. The highest BCUT2D eigenvalue weighted by molar-refractivity contribution is 7.22. The molecular weight excluding hydrogens is 412 g/mol. The van der Waals surface area contributed by atoms with Gasteiger partial charge in [0.15, 0.2) is 5.13 Å². The molecule has 0 saturated carbocycles. The Labute approximate surface area is 177 Å². The molecule has 2 amide bonds. The second kappa shape index (κ2) is 8.34. The van der Waals surface area contributed by atoms with E-state index in [1.165, 1.54) is 0 Å². The van der Waals surface area contributed by atoms with Crippen molar-refractivity contribution in [3.63, 3.8) is 0 Å². The molecule has 1 aliphatic rings. The molecule has 1 aliphatic heterocycles. The Balaban J connectivity index is 1.39. The van der Waals surface area contributed by atoms with Gasteiger partial charge in [-0.2, -0.15) is 0 Å². The summed E-state index contributed by atoms with van der Waals surface area (Å²) < 4.78 is 11.6. The summed E-state index contributed by atoms with van der Waals surface area (Å²) in [6.45, 7) is 2.67. The molecule has 2 heterocycles. The number of methoxy groups -OCH3 is 2. The van der Waals surface area contributed by atoms with Crippen LogP contribution >= 0.6 is 22.9 Å². The predicted molar refractivity (Wildman–Crippen MR) is 117 cm³/mol. The summed E-state index contributed by atoms with van der Waals surface area (Å²) in [4.78, 5) is 21.4. The van der Waals surface area contributed by atoms with Crippen LogP contribution in [0.5, 0.6) is 11.5 Å². The molecule has 0 aliphatic carbocycles. The highest BCUT2D eigenvalue weighted by Crippen LogP contribution is 2.32. The van der Waals surface area contributed by atoms with Crippen LogP contribution in [-0.2, 0) is 0 Å². The number of anilines is 2. The van der Waals surface area contributed by atoms with E-state index in [1.807, 2.05) is 18.2 Å². The summed E-state index contributed by atoms with van der Waals surface area (Å²) >= 11 is 7.69. The SMILES string of the molecule is COc1ccc(NC(=O)N2CCN(c3nc4ccc(Cl)cc4s3)CC2)c(OC)c1. The minimum atomic E-state index is -0.149. The lowest BCUT2D eigenvalue weighted by Gasteiger charge is -2.34. The molecule has 152 valence electrons. The number of carbonyl (C=O) groups is 1. The van der Waals surface area contributed by atoms with Crippen molar-refractivity contribution in [1.82, 2.24) is 9.88 Å². The minimum absolute atomic E-state index is 0.149. The van der Waals surface area contributed by atoms with E-state index in [2.05, 4.69) is 10.2 Å². The van der Waals surface area contributed by atoms with Crippen LogP contribution in [0.2, 0.25) is 5.02 Å². The Bertz CT molecular complexity index is 1030. The Kier molecular flexibility index (Phi) is 5.64. The van der Waals surface area contributed by atoms with E-state index in [4.69, 9.17) is 26.1 Å². The maximum atomic E-state index is 12.7. The van der Waals surface area contributed by atoms with Gasteiger partial charge in [0.1, 0.15) is 11.5 Å². The number of thiazole rings is 1. The van der Waals surface area contributed by atoms with Crippen LogP contribution in [0.4, 0.5) is 15.6 Å². The number of carbonyl (C=O) groups excluding carboxylic acids is 1. The molecule has 4 rings (SSSR count). The monoisotopic (exact) mass is 432 g/mol. The molecule has 0 unspecified atom stereocenters. The van der Waals surface area contributed by atoms with Crippen LogP contribution in [0.15, 0.2) is 36.4 Å². The average Bonchev–Trinajstić information content (AvgIpc) is 3.17. The van der Waals surface area contributed by atoms with Crippen molar-refractivity contribution in [3.05, 3.63) is 41.4 Å². The number of aromatic nitrogens is 1. The zero-order valence-corrected chi connectivity index (χ0v) is 17.7. The molecule has 7 nitrogen and oxygen atoms in total. The first kappa shape index (κ1) is 19.6. The number of urea groups is 1. The number of ether oxygens (including phenoxy) is 2. The van der Waals surface area contributed by atoms with Crippen molar-refractivity contribution in [1.29, 1.82) is 0 Å². The number of nitrogens with zero attached hydrogens (tertiary/aromatic N) is 3. The maximum Gasteiger partial charge on any atom is 0.322 e. The summed E-state index contributed by atoms with van der Waals surface area (Å²) in [7, 11) is 3.15. The lowest BCUT2D eigenvalue weighted by Crippen LogP contribution is -2.50. The van der Waals surface area contributed by atoms with E-state index >= 15 is 0 Å². The molecule has 1 N–H and O–H groups in total. The van der Waals surface area contributed by atoms with Crippen molar-refractivity contribution in [2.75, 3.05) is 50.6 Å². The molecule has 1 aromatic heterocycles. The maximum absolute atomic E-state index is 12.7. The number of piperazine rings is 1. The molecule has 0 bridgehead atoms. The summed E-state index contributed by atoms with van der Waals surface area (Å²) in [6.07, 6.45) is 0. The lowest BCUT2D eigenvalue weighted by atomic mass is 10.2. The van der Waals surface area contributed by atoms with Crippen LogP contribution in [-0.4, -0.2) is 56.3 Å². The predicted octanol–water partition coefficient (Wildman–Crippen LogP) is 4.32. The highest BCUT2D eigenvalue weighted by Gasteiger charge is 2.24. The number of hydrogen-bond donors (Lipinski definition) is 1. The first-order chi connectivity index (χ1) is 14.1. The van der Waals surface area contributed by atoms with Crippen molar-refractivity contribution in [2.24, 2.45) is 0 Å². The number of amides is 2. The van der Waals surface area contributed by atoms with Crippen LogP contribution < -0.4 is 19.7 Å². The van der Waals surface area contributed by atoms with Crippen molar-refractivity contribution in [2.45, 2.75) is 0 Å². The number of nitrogens with one attached hydrogen (secondary N) is 1. The van der Waals surface area contributed by atoms with Gasteiger partial charge in [0, 0.05) is 37.3 Å². The Morgan fingerprint density at radius 3 is 2.62 bits per heavy atom. The topological polar surface area (TPSA) is 66.9 Å². The average molecular weight is 433 g/mol. The third-order valence-corrected chi connectivity index (χ3v) is 6.14. The fourth-order valence-corrected chi connectivity index (χ4v) is 4.51. The molecule has 3 aromatic rings. The summed E-state index contributed by atoms with van der Waals surface area (Å²) in [5.74, 6) is 1.23. The van der Waals surface area contributed by atoms with Crippen molar-refractivity contribution < 1.29 is 14.3 Å². The Morgan fingerprint density at radius 2 is 1.90 bits per heavy atom. The van der Waals surface area contributed by atoms with Crippen LogP contribution in [0.1, 0.15) is 0 Å². The van der Waals surface area contributed by atoms with E-state index in [0.717, 1.165) is 28.4 Å². The van der Waals surface area contributed by atoms with Crippen molar-refractivity contribution in [3.8, 4) is 11.5 Å². The molecule has 1 saturated heterocycles. The van der Waals surface area contributed by atoms with Gasteiger partial charge in [-0.05, 0) is 30.3 Å². The molecular formula is C20H21ClN4O3S. The number of fused-ring (bicyclic) bond motifs is 1. The Morgan fingerprint density at radius 1 is 1.10 bits per heavy atom. The van der Waals surface area contributed by atoms with E-state index in [9.17, 15) is 4.79 Å². The zero-order valence-electron chi connectivity index (χ0n) is 16.1. The fraction of sp³-hybridized carbons (Fsp3) is 0.300. The third kappa shape index (κ3) is 4.18. The van der Waals surface area contributed by atoms with Crippen LogP contribution in [0.3, 0.4) is 0 Å².